The normalized spacial score (nSPS) is 11.9. The molecule has 0 aliphatic heterocycles. The molecular weight excluding hydrogens is 373 g/mol. The molecule has 7 heteroatoms. The molecule has 1 atom stereocenters. The number of carbonyl (C=O) groups excluding carboxylic acids is 2. The number of nitrogens with zero attached hydrogens (tertiary/aromatic N) is 3. The molecule has 0 N–H and O–H groups in total. The Morgan fingerprint density at radius 2 is 1.79 bits per heavy atom. The number of hydrogen-bond acceptors (Lipinski definition) is 4. The van der Waals surface area contributed by atoms with Crippen molar-refractivity contribution in [1.82, 2.24) is 9.55 Å². The fourth-order valence-electron chi connectivity index (χ4n) is 2.94. The van der Waals surface area contributed by atoms with Crippen LogP contribution in [0, 0.1) is 5.92 Å². The zero-order valence-electron chi connectivity index (χ0n) is 16.2. The maximum Gasteiger partial charge on any atom is 0.320 e. The van der Waals surface area contributed by atoms with Gasteiger partial charge in [-0.15, -0.1) is 5.12 Å². The van der Waals surface area contributed by atoms with Crippen molar-refractivity contribution in [2.75, 3.05) is 5.12 Å². The number of imidazole rings is 1. The minimum Gasteiger partial charge on any atom is -0.462 e. The highest BCUT2D eigenvalue weighted by molar-refractivity contribution is 6.06. The number of aromatic nitrogens is 2. The van der Waals surface area contributed by atoms with E-state index in [1.807, 2.05) is 30.3 Å². The molecule has 0 saturated carbocycles. The number of esters is 1. The van der Waals surface area contributed by atoms with E-state index in [9.17, 15) is 9.59 Å². The van der Waals surface area contributed by atoms with Gasteiger partial charge < -0.3 is 9.30 Å². The minimum absolute atomic E-state index is 0.0332. The van der Waals surface area contributed by atoms with E-state index in [0.717, 1.165) is 5.56 Å². The number of amides is 1. The van der Waals surface area contributed by atoms with Crippen LogP contribution in [0.1, 0.15) is 13.8 Å². The van der Waals surface area contributed by atoms with E-state index in [4.69, 9.17) is 4.74 Å². The third kappa shape index (κ3) is 4.87. The summed E-state index contributed by atoms with van der Waals surface area (Å²) in [6, 6.07) is 15.8. The molecule has 1 aromatic heterocycles. The van der Waals surface area contributed by atoms with Crippen LogP contribution >= 0.6 is 0 Å². The lowest BCUT2D eigenvalue weighted by Gasteiger charge is -2.22. The van der Waals surface area contributed by atoms with Crippen molar-refractivity contribution in [2.24, 2.45) is 5.92 Å². The number of carbonyl (C=O) groups is 2. The molecule has 29 heavy (non-hydrogen) atoms. The lowest BCUT2D eigenvalue weighted by molar-refractivity contribution is -0.156. The van der Waals surface area contributed by atoms with Crippen molar-refractivity contribution in [1.29, 1.82) is 0 Å². The molecule has 150 valence electrons. The van der Waals surface area contributed by atoms with Gasteiger partial charge in [0.05, 0.1) is 18.1 Å². The second-order valence-corrected chi connectivity index (χ2v) is 6.80. The first-order chi connectivity index (χ1) is 14.0. The molecule has 0 saturated heterocycles. The monoisotopic (exact) mass is 395 g/mol. The molecule has 2 aromatic carbocycles. The van der Waals surface area contributed by atoms with Gasteiger partial charge in [-0.2, -0.15) is 0 Å². The molecule has 0 aliphatic carbocycles. The molecule has 0 aliphatic rings. The molecule has 0 radical (unpaired) electrons. The van der Waals surface area contributed by atoms with Crippen LogP contribution in [0.25, 0.3) is 11.1 Å². The maximum atomic E-state index is 15.3. The van der Waals surface area contributed by atoms with Gasteiger partial charge in [0, 0.05) is 24.5 Å². The number of anilines is 1. The zero-order chi connectivity index (χ0) is 20.8. The third-order valence-electron chi connectivity index (χ3n) is 4.28. The van der Waals surface area contributed by atoms with Gasteiger partial charge >= 0.3 is 5.97 Å². The Balaban J connectivity index is 1.92. The van der Waals surface area contributed by atoms with Gasteiger partial charge in [-0.3, -0.25) is 9.59 Å². The van der Waals surface area contributed by atoms with Crippen LogP contribution in [-0.4, -0.2) is 27.5 Å². The highest BCUT2D eigenvalue weighted by Crippen LogP contribution is 2.32. The summed E-state index contributed by atoms with van der Waals surface area (Å²) in [5.41, 5.74) is 1.37. The van der Waals surface area contributed by atoms with Gasteiger partial charge in [-0.25, -0.2) is 4.98 Å². The van der Waals surface area contributed by atoms with Crippen LogP contribution in [0.4, 0.5) is 10.2 Å². The van der Waals surface area contributed by atoms with Crippen LogP contribution in [0.3, 0.4) is 0 Å². The minimum atomic E-state index is -1.35. The summed E-state index contributed by atoms with van der Waals surface area (Å²) < 4.78 is 22.0. The van der Waals surface area contributed by atoms with Gasteiger partial charge in [0.25, 0.3) is 5.91 Å². The van der Waals surface area contributed by atoms with Crippen molar-refractivity contribution in [2.45, 2.75) is 26.5 Å². The third-order valence-corrected chi connectivity index (χ3v) is 4.28. The average molecular weight is 395 g/mol. The summed E-state index contributed by atoms with van der Waals surface area (Å²) in [4.78, 5) is 29.4. The molecule has 0 fully saturated rings. The fraction of sp³-hybridized carbons (Fsp3) is 0.227. The van der Waals surface area contributed by atoms with Crippen molar-refractivity contribution < 1.29 is 18.8 Å². The largest absolute Gasteiger partial charge is 0.462 e. The highest BCUT2D eigenvalue weighted by atomic mass is 19.2. The SMILES string of the molecule is CC(C)OC(=O)[C@@H](Cn1ccnc1)C(=O)N(F)c1ccccc1-c1ccccc1. The van der Waals surface area contributed by atoms with E-state index >= 15 is 4.48 Å². The van der Waals surface area contributed by atoms with Gasteiger partial charge in [0.1, 0.15) is 0 Å². The lowest BCUT2D eigenvalue weighted by atomic mass is 10.0. The van der Waals surface area contributed by atoms with E-state index in [1.165, 1.54) is 18.6 Å². The molecule has 0 unspecified atom stereocenters. The van der Waals surface area contributed by atoms with Crippen molar-refractivity contribution in [3.8, 4) is 11.1 Å². The predicted molar refractivity (Wildman–Crippen MR) is 107 cm³/mol. The maximum absolute atomic E-state index is 15.3. The Kier molecular flexibility index (Phi) is 6.39. The Bertz CT molecular complexity index is 958. The molecule has 0 spiro atoms. The van der Waals surface area contributed by atoms with Crippen molar-refractivity contribution >= 4 is 17.6 Å². The second kappa shape index (κ2) is 9.14. The summed E-state index contributed by atoms with van der Waals surface area (Å²) in [7, 11) is 0. The quantitative estimate of drug-likeness (QED) is 0.344. The Morgan fingerprint density at radius 1 is 1.10 bits per heavy atom. The van der Waals surface area contributed by atoms with E-state index in [1.54, 1.807) is 42.8 Å². The van der Waals surface area contributed by atoms with Crippen LogP contribution < -0.4 is 5.12 Å². The van der Waals surface area contributed by atoms with Crippen LogP contribution in [0.2, 0.25) is 0 Å². The predicted octanol–water partition coefficient (Wildman–Crippen LogP) is 4.04. The van der Waals surface area contributed by atoms with Crippen molar-refractivity contribution in [3.63, 3.8) is 0 Å². The molecule has 3 rings (SSSR count). The van der Waals surface area contributed by atoms with Gasteiger partial charge in [0.2, 0.25) is 0 Å². The highest BCUT2D eigenvalue weighted by Gasteiger charge is 2.35. The van der Waals surface area contributed by atoms with E-state index in [-0.39, 0.29) is 17.4 Å². The van der Waals surface area contributed by atoms with E-state index < -0.39 is 23.9 Å². The van der Waals surface area contributed by atoms with Gasteiger partial charge in [0.15, 0.2) is 5.92 Å². The summed E-state index contributed by atoms with van der Waals surface area (Å²) in [6.07, 6.45) is 4.16. The zero-order valence-corrected chi connectivity index (χ0v) is 16.2. The summed E-state index contributed by atoms with van der Waals surface area (Å²) in [6.45, 7) is 3.28. The Labute approximate surface area is 168 Å². The fourth-order valence-corrected chi connectivity index (χ4v) is 2.94. The molecule has 6 nitrogen and oxygen atoms in total. The molecule has 0 bridgehead atoms. The summed E-state index contributed by atoms with van der Waals surface area (Å²) >= 11 is 0. The topological polar surface area (TPSA) is 64.4 Å². The van der Waals surface area contributed by atoms with Crippen molar-refractivity contribution in [3.05, 3.63) is 73.3 Å². The van der Waals surface area contributed by atoms with Gasteiger partial charge in [-0.05, 0) is 25.5 Å². The standard InChI is InChI=1S/C22H22FN3O3/c1-16(2)29-22(28)19(14-25-13-12-24-15-25)21(27)26(23)20-11-7-6-10-18(20)17-8-4-3-5-9-17/h3-13,15-16,19H,14H2,1-2H3/t19-/m0/s1. The number of hydrogen-bond donors (Lipinski definition) is 0. The first-order valence-electron chi connectivity index (χ1n) is 9.28. The molecular formula is C22H22FN3O3. The molecule has 1 heterocycles. The number of rotatable bonds is 7. The van der Waals surface area contributed by atoms with E-state index in [0.29, 0.717) is 5.56 Å². The summed E-state index contributed by atoms with van der Waals surface area (Å²) in [5, 5.41) is 0.0332. The van der Waals surface area contributed by atoms with E-state index in [2.05, 4.69) is 4.98 Å². The van der Waals surface area contributed by atoms with Gasteiger partial charge in [-0.1, -0.05) is 53.0 Å². The number of halogens is 1. The molecule has 1 amide bonds. The van der Waals surface area contributed by atoms with Crippen LogP contribution in [0.5, 0.6) is 0 Å². The van der Waals surface area contributed by atoms with Crippen LogP contribution in [-0.2, 0) is 20.9 Å². The first kappa shape index (κ1) is 20.3. The Morgan fingerprint density at radius 3 is 2.45 bits per heavy atom. The Hall–Kier alpha value is -3.48. The first-order valence-corrected chi connectivity index (χ1v) is 9.28. The smallest absolute Gasteiger partial charge is 0.320 e. The van der Waals surface area contributed by atoms with Crippen LogP contribution in [0.15, 0.2) is 73.3 Å². The second-order valence-electron chi connectivity index (χ2n) is 6.80. The summed E-state index contributed by atoms with van der Waals surface area (Å²) in [5.74, 6) is -3.12. The number of para-hydroxylation sites is 1. The number of ether oxygens (including phenoxy) is 1. The lowest BCUT2D eigenvalue weighted by Crippen LogP contribution is -2.39. The average Bonchev–Trinajstić information content (AvgIpc) is 3.24. The molecule has 3 aromatic rings. The number of benzene rings is 2.